The molecule has 0 aliphatic heterocycles. The van der Waals surface area contributed by atoms with Gasteiger partial charge in [-0.25, -0.2) is 4.79 Å². The minimum atomic E-state index is -0.967. The van der Waals surface area contributed by atoms with Gasteiger partial charge in [-0.2, -0.15) is 0 Å². The Bertz CT molecular complexity index is 615. The Labute approximate surface area is 118 Å². The first-order valence-corrected chi connectivity index (χ1v) is 6.33. The van der Waals surface area contributed by atoms with E-state index in [1.54, 1.807) is 18.2 Å². The Balaban J connectivity index is 2.21. The van der Waals surface area contributed by atoms with Crippen LogP contribution in [0.4, 0.5) is 0 Å². The summed E-state index contributed by atoms with van der Waals surface area (Å²) in [6.07, 6.45) is 4.48. The highest BCUT2D eigenvalue weighted by Crippen LogP contribution is 2.23. The van der Waals surface area contributed by atoms with Crippen molar-refractivity contribution in [2.24, 2.45) is 0 Å². The van der Waals surface area contributed by atoms with Crippen LogP contribution in [-0.2, 0) is 6.42 Å². The van der Waals surface area contributed by atoms with Gasteiger partial charge < -0.3 is 9.84 Å². The van der Waals surface area contributed by atoms with E-state index in [-0.39, 0.29) is 5.56 Å². The largest absolute Gasteiger partial charge is 0.496 e. The molecule has 0 heterocycles. The monoisotopic (exact) mass is 268 g/mol. The second-order valence-electron chi connectivity index (χ2n) is 4.32. The summed E-state index contributed by atoms with van der Waals surface area (Å²) in [4.78, 5) is 11.3. The molecule has 2 aromatic carbocycles. The number of carboxylic acid groups (broad SMARTS) is 1. The van der Waals surface area contributed by atoms with Crippen LogP contribution in [-0.4, -0.2) is 18.2 Å². The van der Waals surface area contributed by atoms with Gasteiger partial charge in [0.05, 0.1) is 7.11 Å². The molecule has 0 radical (unpaired) electrons. The number of rotatable bonds is 5. The third-order valence-electron chi connectivity index (χ3n) is 2.99. The first kappa shape index (κ1) is 13.9. The summed E-state index contributed by atoms with van der Waals surface area (Å²) >= 11 is 0. The van der Waals surface area contributed by atoms with E-state index >= 15 is 0 Å². The Hall–Kier alpha value is -2.55. The summed E-state index contributed by atoms with van der Waals surface area (Å²) in [5, 5.41) is 9.29. The van der Waals surface area contributed by atoms with Gasteiger partial charge in [-0.15, -0.1) is 0 Å². The highest BCUT2D eigenvalue weighted by atomic mass is 16.5. The zero-order valence-corrected chi connectivity index (χ0v) is 11.2. The van der Waals surface area contributed by atoms with Crippen LogP contribution in [0.15, 0.2) is 54.6 Å². The molecule has 0 unspecified atom stereocenters. The Kier molecular flexibility index (Phi) is 4.56. The van der Waals surface area contributed by atoms with Crippen LogP contribution in [0.2, 0.25) is 0 Å². The van der Waals surface area contributed by atoms with Crippen LogP contribution in [0.1, 0.15) is 21.5 Å². The molecule has 0 saturated heterocycles. The topological polar surface area (TPSA) is 46.5 Å². The summed E-state index contributed by atoms with van der Waals surface area (Å²) < 4.78 is 5.11. The highest BCUT2D eigenvalue weighted by Gasteiger charge is 2.14. The molecule has 0 bridgehead atoms. The minimum Gasteiger partial charge on any atom is -0.496 e. The van der Waals surface area contributed by atoms with Crippen molar-refractivity contribution in [2.45, 2.75) is 6.42 Å². The molecule has 1 N–H and O–H groups in total. The van der Waals surface area contributed by atoms with Crippen molar-refractivity contribution in [1.82, 2.24) is 0 Å². The van der Waals surface area contributed by atoms with Gasteiger partial charge >= 0.3 is 5.97 Å². The molecule has 3 heteroatoms. The summed E-state index contributed by atoms with van der Waals surface area (Å²) in [5.41, 5.74) is 2.06. The first-order valence-electron chi connectivity index (χ1n) is 6.33. The van der Waals surface area contributed by atoms with Crippen LogP contribution < -0.4 is 4.74 Å². The molecule has 0 atom stereocenters. The van der Waals surface area contributed by atoms with Crippen molar-refractivity contribution in [3.8, 4) is 5.75 Å². The molecule has 2 rings (SSSR count). The maximum Gasteiger partial charge on any atom is 0.339 e. The molecule has 2 aromatic rings. The van der Waals surface area contributed by atoms with Gasteiger partial charge in [0, 0.05) is 0 Å². The van der Waals surface area contributed by atoms with Crippen molar-refractivity contribution in [3.05, 3.63) is 71.3 Å². The molecule has 102 valence electrons. The van der Waals surface area contributed by atoms with E-state index in [1.807, 2.05) is 42.5 Å². The number of methoxy groups -OCH3 is 1. The predicted octanol–water partition coefficient (Wildman–Crippen LogP) is 3.65. The standard InChI is InChI=1S/C17H16O3/c1-20-15-12-6-11-14(16(15)17(18)19)10-5-9-13-7-3-2-4-8-13/h2-9,11-12H,10H2,1H3,(H,18,19)/b9-5+. The van der Waals surface area contributed by atoms with E-state index in [0.717, 1.165) is 11.1 Å². The van der Waals surface area contributed by atoms with E-state index in [2.05, 4.69) is 0 Å². The average Bonchev–Trinajstić information content (AvgIpc) is 2.47. The van der Waals surface area contributed by atoms with Gasteiger partial charge in [0.15, 0.2) is 0 Å². The van der Waals surface area contributed by atoms with E-state index in [4.69, 9.17) is 4.74 Å². The van der Waals surface area contributed by atoms with Crippen LogP contribution >= 0.6 is 0 Å². The van der Waals surface area contributed by atoms with Crippen LogP contribution in [0.3, 0.4) is 0 Å². The lowest BCUT2D eigenvalue weighted by atomic mass is 10.0. The third kappa shape index (κ3) is 3.26. The zero-order chi connectivity index (χ0) is 14.4. The Morgan fingerprint density at radius 3 is 2.55 bits per heavy atom. The molecular formula is C17H16O3. The van der Waals surface area contributed by atoms with Gasteiger partial charge in [-0.3, -0.25) is 0 Å². The smallest absolute Gasteiger partial charge is 0.339 e. The number of carbonyl (C=O) groups is 1. The normalized spacial score (nSPS) is 10.7. The van der Waals surface area contributed by atoms with Crippen LogP contribution in [0, 0.1) is 0 Å². The number of allylic oxidation sites excluding steroid dienone is 1. The molecule has 0 spiro atoms. The van der Waals surface area contributed by atoms with Crippen molar-refractivity contribution >= 4 is 12.0 Å². The third-order valence-corrected chi connectivity index (χ3v) is 2.99. The molecule has 0 saturated carbocycles. The van der Waals surface area contributed by atoms with Crippen LogP contribution in [0.25, 0.3) is 6.08 Å². The maximum atomic E-state index is 11.3. The predicted molar refractivity (Wildman–Crippen MR) is 79.1 cm³/mol. The Morgan fingerprint density at radius 1 is 1.15 bits per heavy atom. The second-order valence-corrected chi connectivity index (χ2v) is 4.32. The molecule has 20 heavy (non-hydrogen) atoms. The van der Waals surface area contributed by atoms with Gasteiger partial charge in [0.2, 0.25) is 0 Å². The Morgan fingerprint density at radius 2 is 1.90 bits per heavy atom. The second kappa shape index (κ2) is 6.57. The number of hydrogen-bond acceptors (Lipinski definition) is 2. The molecule has 3 nitrogen and oxygen atoms in total. The summed E-state index contributed by atoms with van der Waals surface area (Å²) in [6.45, 7) is 0. The molecule has 0 aliphatic carbocycles. The SMILES string of the molecule is COc1cccc(C/C=C/c2ccccc2)c1C(=O)O. The van der Waals surface area contributed by atoms with Crippen molar-refractivity contribution in [1.29, 1.82) is 0 Å². The minimum absolute atomic E-state index is 0.229. The lowest BCUT2D eigenvalue weighted by Gasteiger charge is -2.08. The highest BCUT2D eigenvalue weighted by molar-refractivity contribution is 5.92. The van der Waals surface area contributed by atoms with E-state index in [9.17, 15) is 9.90 Å². The van der Waals surface area contributed by atoms with Crippen LogP contribution in [0.5, 0.6) is 5.75 Å². The van der Waals surface area contributed by atoms with Gasteiger partial charge in [0.25, 0.3) is 0 Å². The lowest BCUT2D eigenvalue weighted by molar-refractivity contribution is 0.0692. The number of carboxylic acids is 1. The van der Waals surface area contributed by atoms with Crippen molar-refractivity contribution in [2.75, 3.05) is 7.11 Å². The number of aromatic carboxylic acids is 1. The summed E-state index contributed by atoms with van der Waals surface area (Å²) in [5.74, 6) is -0.575. The van der Waals surface area contributed by atoms with Gasteiger partial charge in [-0.1, -0.05) is 54.6 Å². The first-order chi connectivity index (χ1) is 9.72. The fourth-order valence-electron chi connectivity index (χ4n) is 2.05. The lowest BCUT2D eigenvalue weighted by Crippen LogP contribution is -2.04. The summed E-state index contributed by atoms with van der Waals surface area (Å²) in [6, 6.07) is 15.2. The van der Waals surface area contributed by atoms with Crippen molar-refractivity contribution in [3.63, 3.8) is 0 Å². The summed E-state index contributed by atoms with van der Waals surface area (Å²) in [7, 11) is 1.48. The molecule has 0 aromatic heterocycles. The van der Waals surface area contributed by atoms with E-state index in [0.29, 0.717) is 12.2 Å². The maximum absolute atomic E-state index is 11.3. The number of benzene rings is 2. The number of ether oxygens (including phenoxy) is 1. The fraction of sp³-hybridized carbons (Fsp3) is 0.118. The molecule has 0 aliphatic rings. The fourth-order valence-corrected chi connectivity index (χ4v) is 2.05. The number of hydrogen-bond donors (Lipinski definition) is 1. The van der Waals surface area contributed by atoms with E-state index in [1.165, 1.54) is 7.11 Å². The molecule has 0 amide bonds. The van der Waals surface area contributed by atoms with Gasteiger partial charge in [-0.05, 0) is 23.6 Å². The molecule has 0 fully saturated rings. The molecular weight excluding hydrogens is 252 g/mol. The average molecular weight is 268 g/mol. The van der Waals surface area contributed by atoms with E-state index < -0.39 is 5.97 Å². The van der Waals surface area contributed by atoms with Crippen molar-refractivity contribution < 1.29 is 14.6 Å². The zero-order valence-electron chi connectivity index (χ0n) is 11.2. The van der Waals surface area contributed by atoms with Gasteiger partial charge in [0.1, 0.15) is 11.3 Å². The quantitative estimate of drug-likeness (QED) is 0.900.